The highest BCUT2D eigenvalue weighted by Gasteiger charge is 2.22. The van der Waals surface area contributed by atoms with Crippen LogP contribution in [0, 0.1) is 0 Å². The van der Waals surface area contributed by atoms with Gasteiger partial charge in [-0.15, -0.1) is 18.5 Å². The average molecular weight is 497 g/mol. The summed E-state index contributed by atoms with van der Waals surface area (Å²) >= 11 is 1.66. The number of carbonyl (C=O) groups excluding carboxylic acids is 1. The van der Waals surface area contributed by atoms with Crippen molar-refractivity contribution in [1.29, 1.82) is 0 Å². The van der Waals surface area contributed by atoms with Crippen molar-refractivity contribution in [1.82, 2.24) is 15.1 Å². The van der Waals surface area contributed by atoms with Crippen LogP contribution >= 0.6 is 30.2 Å². The van der Waals surface area contributed by atoms with E-state index in [1.165, 1.54) is 5.70 Å². The van der Waals surface area contributed by atoms with Crippen molar-refractivity contribution in [2.24, 2.45) is 0 Å². The monoisotopic (exact) mass is 496 g/mol. The zero-order valence-electron chi connectivity index (χ0n) is 18.8. The fourth-order valence-electron chi connectivity index (χ4n) is 3.98. The van der Waals surface area contributed by atoms with Crippen LogP contribution in [0.5, 0.6) is 0 Å². The van der Waals surface area contributed by atoms with E-state index in [1.54, 1.807) is 11.8 Å². The number of piperazine rings is 1. The van der Waals surface area contributed by atoms with Gasteiger partial charge in [-0.3, -0.25) is 9.69 Å². The first-order chi connectivity index (χ1) is 15.9. The van der Waals surface area contributed by atoms with Crippen LogP contribution in [0.25, 0.3) is 5.57 Å². The third-order valence-electron chi connectivity index (χ3n) is 5.67. The standard InChI is InChI=1S/C25H30N4OP2S/c1-17(14-29-18(2)33-16-20(29)15-28-9-7-26-8-10-28)23-5-3-4-6-24(23)27-25(30)19-11-21(31)13-22(32)12-19/h3-6,11-14,16,26H,2,7-10,15,31-32H2,1H3,(H,27,30)/b17-14+. The summed E-state index contributed by atoms with van der Waals surface area (Å²) in [6.45, 7) is 11.4. The van der Waals surface area contributed by atoms with Crippen LogP contribution in [0.2, 0.25) is 0 Å². The lowest BCUT2D eigenvalue weighted by Crippen LogP contribution is -2.44. The van der Waals surface area contributed by atoms with Gasteiger partial charge in [-0.1, -0.05) is 36.5 Å². The molecule has 0 spiro atoms. The van der Waals surface area contributed by atoms with Crippen molar-refractivity contribution in [2.45, 2.75) is 6.92 Å². The molecule has 2 aliphatic heterocycles. The second kappa shape index (κ2) is 11.0. The molecular weight excluding hydrogens is 466 g/mol. The minimum Gasteiger partial charge on any atom is -0.321 e. The van der Waals surface area contributed by atoms with E-state index in [0.717, 1.165) is 65.2 Å². The molecule has 8 heteroatoms. The molecule has 5 nitrogen and oxygen atoms in total. The minimum absolute atomic E-state index is 0.122. The summed E-state index contributed by atoms with van der Waals surface area (Å²) in [5, 5.41) is 11.6. The Hall–Kier alpha value is -1.94. The Morgan fingerprint density at radius 2 is 1.88 bits per heavy atom. The predicted octanol–water partition coefficient (Wildman–Crippen LogP) is 3.57. The van der Waals surface area contributed by atoms with Crippen molar-refractivity contribution in [3.05, 3.63) is 82.5 Å². The van der Waals surface area contributed by atoms with Gasteiger partial charge in [-0.25, -0.2) is 0 Å². The fourth-order valence-corrected chi connectivity index (χ4v) is 5.66. The summed E-state index contributed by atoms with van der Waals surface area (Å²) in [6.07, 6.45) is 2.13. The molecule has 4 rings (SSSR count). The Labute approximate surface area is 205 Å². The van der Waals surface area contributed by atoms with Gasteiger partial charge in [0.05, 0.1) is 5.03 Å². The van der Waals surface area contributed by atoms with Gasteiger partial charge in [-0.2, -0.15) is 0 Å². The maximum atomic E-state index is 13.0. The second-order valence-corrected chi connectivity index (χ2v) is 10.5. The summed E-state index contributed by atoms with van der Waals surface area (Å²) in [5.41, 5.74) is 4.71. The van der Waals surface area contributed by atoms with Crippen LogP contribution in [0.4, 0.5) is 5.69 Å². The number of allylic oxidation sites excluding steroid dienone is 1. The Morgan fingerprint density at radius 3 is 2.61 bits per heavy atom. The number of rotatable bonds is 6. The van der Waals surface area contributed by atoms with E-state index in [1.807, 2.05) is 42.5 Å². The smallest absolute Gasteiger partial charge is 0.255 e. The summed E-state index contributed by atoms with van der Waals surface area (Å²) in [6, 6.07) is 13.7. The van der Waals surface area contributed by atoms with E-state index in [0.29, 0.717) is 5.56 Å². The lowest BCUT2D eigenvalue weighted by Gasteiger charge is -2.30. The number of thioether (sulfide) groups is 1. The lowest BCUT2D eigenvalue weighted by atomic mass is 10.1. The molecule has 2 aliphatic rings. The lowest BCUT2D eigenvalue weighted by molar-refractivity contribution is 0.102. The Balaban J connectivity index is 1.54. The highest BCUT2D eigenvalue weighted by molar-refractivity contribution is 8.06. The summed E-state index contributed by atoms with van der Waals surface area (Å²) in [4.78, 5) is 17.6. The highest BCUT2D eigenvalue weighted by atomic mass is 32.2. The van der Waals surface area contributed by atoms with Crippen molar-refractivity contribution in [3.63, 3.8) is 0 Å². The number of nitrogens with zero attached hydrogens (tertiary/aromatic N) is 2. The molecule has 0 aliphatic carbocycles. The molecule has 33 heavy (non-hydrogen) atoms. The average Bonchev–Trinajstić information content (AvgIpc) is 3.13. The topological polar surface area (TPSA) is 47.6 Å². The van der Waals surface area contributed by atoms with E-state index in [9.17, 15) is 4.79 Å². The SMILES string of the molecule is C=C1SC=C(CN2CCNCC2)N1/C=C(\C)c1ccccc1NC(=O)c1cc(P)cc(P)c1. The fraction of sp³-hybridized carbons (Fsp3) is 0.240. The van der Waals surface area contributed by atoms with Crippen LogP contribution in [-0.2, 0) is 0 Å². The third kappa shape index (κ3) is 6.15. The number of amides is 1. The van der Waals surface area contributed by atoms with Gasteiger partial charge in [0.15, 0.2) is 0 Å². The van der Waals surface area contributed by atoms with Crippen LogP contribution in [0.1, 0.15) is 22.8 Å². The number of carbonyl (C=O) groups is 1. The molecule has 2 atom stereocenters. The molecule has 2 N–H and O–H groups in total. The first-order valence-corrected chi connectivity index (χ1v) is 13.0. The summed E-state index contributed by atoms with van der Waals surface area (Å²) < 4.78 is 0. The van der Waals surface area contributed by atoms with Crippen molar-refractivity contribution in [3.8, 4) is 0 Å². The van der Waals surface area contributed by atoms with Gasteiger partial charge in [0, 0.05) is 61.4 Å². The number of benzene rings is 2. The van der Waals surface area contributed by atoms with Gasteiger partial charge in [0.2, 0.25) is 0 Å². The van der Waals surface area contributed by atoms with E-state index >= 15 is 0 Å². The van der Waals surface area contributed by atoms with Gasteiger partial charge in [0.1, 0.15) is 0 Å². The van der Waals surface area contributed by atoms with Gasteiger partial charge < -0.3 is 15.5 Å². The quantitative estimate of drug-likeness (QED) is 0.599. The van der Waals surface area contributed by atoms with Gasteiger partial charge in [0.25, 0.3) is 5.91 Å². The van der Waals surface area contributed by atoms with Crippen molar-refractivity contribution in [2.75, 3.05) is 38.0 Å². The van der Waals surface area contributed by atoms with Crippen LogP contribution < -0.4 is 21.2 Å². The predicted molar refractivity (Wildman–Crippen MR) is 149 cm³/mol. The number of hydrogen-bond acceptors (Lipinski definition) is 5. The summed E-state index contributed by atoms with van der Waals surface area (Å²) in [5.74, 6) is -0.122. The van der Waals surface area contributed by atoms with E-state index in [2.05, 4.69) is 64.0 Å². The number of anilines is 1. The molecule has 2 aromatic rings. The molecule has 2 heterocycles. The van der Waals surface area contributed by atoms with E-state index in [-0.39, 0.29) is 5.91 Å². The van der Waals surface area contributed by atoms with E-state index in [4.69, 9.17) is 0 Å². The molecule has 0 saturated carbocycles. The Bertz CT molecular complexity index is 1100. The molecule has 2 unspecified atom stereocenters. The number of para-hydroxylation sites is 1. The second-order valence-electron chi connectivity index (χ2n) is 8.22. The molecule has 0 aromatic heterocycles. The highest BCUT2D eigenvalue weighted by Crippen LogP contribution is 2.36. The normalized spacial score (nSPS) is 17.3. The molecule has 172 valence electrons. The maximum Gasteiger partial charge on any atom is 0.255 e. The van der Waals surface area contributed by atoms with Crippen LogP contribution in [0.3, 0.4) is 0 Å². The largest absolute Gasteiger partial charge is 0.321 e. The Morgan fingerprint density at radius 1 is 1.18 bits per heavy atom. The zero-order valence-corrected chi connectivity index (χ0v) is 21.9. The molecule has 2 aromatic carbocycles. The Kier molecular flexibility index (Phi) is 8.06. The maximum absolute atomic E-state index is 13.0. The first kappa shape index (κ1) is 24.2. The zero-order chi connectivity index (χ0) is 23.4. The molecule has 0 radical (unpaired) electrons. The number of hydrogen-bond donors (Lipinski definition) is 2. The minimum atomic E-state index is -0.122. The molecule has 1 fully saturated rings. The summed E-state index contributed by atoms with van der Waals surface area (Å²) in [7, 11) is 5.30. The molecule has 0 bridgehead atoms. The van der Waals surface area contributed by atoms with Crippen LogP contribution in [0.15, 0.2) is 71.4 Å². The third-order valence-corrected chi connectivity index (χ3v) is 7.19. The van der Waals surface area contributed by atoms with Crippen molar-refractivity contribution >= 4 is 58.0 Å². The first-order valence-electron chi connectivity index (χ1n) is 10.9. The van der Waals surface area contributed by atoms with Gasteiger partial charge in [-0.05, 0) is 52.8 Å². The molecular formula is C25H30N4OP2S. The van der Waals surface area contributed by atoms with Crippen molar-refractivity contribution < 1.29 is 4.79 Å². The van der Waals surface area contributed by atoms with E-state index < -0.39 is 0 Å². The van der Waals surface area contributed by atoms with Gasteiger partial charge >= 0.3 is 0 Å². The van der Waals surface area contributed by atoms with Crippen LogP contribution in [-0.4, -0.2) is 48.4 Å². The number of nitrogens with one attached hydrogen (secondary N) is 2. The molecule has 1 saturated heterocycles. The molecule has 1 amide bonds.